The monoisotopic (exact) mass is 270 g/mol. The maximum Gasteiger partial charge on any atom is 0.147 e. The molecule has 1 N–H and O–H groups in total. The summed E-state index contributed by atoms with van der Waals surface area (Å²) in [5.74, 6) is 1.82. The van der Waals surface area contributed by atoms with E-state index in [4.69, 9.17) is 0 Å². The summed E-state index contributed by atoms with van der Waals surface area (Å²) < 4.78 is 1.99. The van der Waals surface area contributed by atoms with Gasteiger partial charge >= 0.3 is 0 Å². The lowest BCUT2D eigenvalue weighted by Crippen LogP contribution is -2.20. The number of benzene rings is 1. The second-order valence-electron chi connectivity index (χ2n) is 5.61. The molecule has 2 aromatic rings. The van der Waals surface area contributed by atoms with Crippen molar-refractivity contribution in [3.8, 4) is 0 Å². The zero-order chi connectivity index (χ0) is 13.9. The van der Waals surface area contributed by atoms with Crippen LogP contribution < -0.4 is 5.32 Å². The van der Waals surface area contributed by atoms with Gasteiger partial charge in [-0.05, 0) is 50.8 Å². The Morgan fingerprint density at radius 1 is 1.20 bits per heavy atom. The van der Waals surface area contributed by atoms with Gasteiger partial charge in [-0.3, -0.25) is 0 Å². The lowest BCUT2D eigenvalue weighted by Gasteiger charge is -2.10. The fourth-order valence-corrected chi connectivity index (χ4v) is 2.53. The van der Waals surface area contributed by atoms with E-state index >= 15 is 0 Å². The molecule has 4 heteroatoms. The van der Waals surface area contributed by atoms with Gasteiger partial charge in [-0.15, -0.1) is 0 Å². The molecule has 1 saturated carbocycles. The van der Waals surface area contributed by atoms with Crippen molar-refractivity contribution in [2.75, 3.05) is 6.54 Å². The van der Waals surface area contributed by atoms with Crippen LogP contribution in [0.1, 0.15) is 35.6 Å². The number of aromatic nitrogens is 3. The number of hydrogen-bond donors (Lipinski definition) is 1. The fraction of sp³-hybridized carbons (Fsp3) is 0.500. The molecular formula is C16H22N4. The molecule has 0 spiro atoms. The molecule has 0 unspecified atom stereocenters. The molecule has 0 saturated heterocycles. The molecule has 1 fully saturated rings. The summed E-state index contributed by atoms with van der Waals surface area (Å²) in [7, 11) is 0. The van der Waals surface area contributed by atoms with Gasteiger partial charge in [-0.2, -0.15) is 5.10 Å². The van der Waals surface area contributed by atoms with Gasteiger partial charge < -0.3 is 5.32 Å². The third kappa shape index (κ3) is 3.25. The predicted octanol–water partition coefficient (Wildman–Crippen LogP) is 2.24. The molecule has 1 heterocycles. The Balaban J connectivity index is 1.69. The van der Waals surface area contributed by atoms with Crippen molar-refractivity contribution in [1.29, 1.82) is 0 Å². The largest absolute Gasteiger partial charge is 0.314 e. The highest BCUT2D eigenvalue weighted by molar-refractivity contribution is 5.27. The van der Waals surface area contributed by atoms with Crippen molar-refractivity contribution in [3.63, 3.8) is 0 Å². The summed E-state index contributed by atoms with van der Waals surface area (Å²) in [6.45, 7) is 5.83. The highest BCUT2D eigenvalue weighted by Gasteiger charge is 2.19. The van der Waals surface area contributed by atoms with Crippen molar-refractivity contribution in [2.45, 2.75) is 45.7 Å². The molecule has 0 amide bonds. The van der Waals surface area contributed by atoms with Crippen LogP contribution in [0.25, 0.3) is 0 Å². The molecule has 20 heavy (non-hydrogen) atoms. The lowest BCUT2D eigenvalue weighted by atomic mass is 10.0. The van der Waals surface area contributed by atoms with Crippen LogP contribution in [0.15, 0.2) is 24.3 Å². The van der Waals surface area contributed by atoms with Crippen molar-refractivity contribution in [1.82, 2.24) is 20.1 Å². The highest BCUT2D eigenvalue weighted by Crippen LogP contribution is 2.19. The summed E-state index contributed by atoms with van der Waals surface area (Å²) in [5.41, 5.74) is 2.76. The van der Waals surface area contributed by atoms with Gasteiger partial charge in [0.2, 0.25) is 0 Å². The molecular weight excluding hydrogens is 248 g/mol. The molecule has 0 bridgehead atoms. The van der Waals surface area contributed by atoms with Crippen LogP contribution in [-0.2, 0) is 13.0 Å². The fourth-order valence-electron chi connectivity index (χ4n) is 2.53. The van der Waals surface area contributed by atoms with Crippen LogP contribution in [0.5, 0.6) is 0 Å². The molecule has 1 aromatic carbocycles. The van der Waals surface area contributed by atoms with Gasteiger partial charge in [-0.25, -0.2) is 9.67 Å². The molecule has 0 aliphatic heterocycles. The smallest absolute Gasteiger partial charge is 0.147 e. The van der Waals surface area contributed by atoms with Crippen LogP contribution in [0.3, 0.4) is 0 Å². The van der Waals surface area contributed by atoms with Gasteiger partial charge in [0.1, 0.15) is 11.6 Å². The lowest BCUT2D eigenvalue weighted by molar-refractivity contribution is 0.642. The zero-order valence-electron chi connectivity index (χ0n) is 12.3. The minimum absolute atomic E-state index is 0.780. The van der Waals surface area contributed by atoms with E-state index in [0.717, 1.165) is 37.2 Å². The average molecular weight is 270 g/mol. The standard InChI is InChI=1S/C16H22N4/c1-12-18-13(2)20(19-12)11-15-6-4-3-5-14(15)9-10-17-16-7-8-16/h3-6,16-17H,7-11H2,1-2H3. The van der Waals surface area contributed by atoms with Crippen LogP contribution in [-0.4, -0.2) is 27.4 Å². The van der Waals surface area contributed by atoms with Gasteiger partial charge in [0.25, 0.3) is 0 Å². The van der Waals surface area contributed by atoms with Crippen LogP contribution >= 0.6 is 0 Å². The van der Waals surface area contributed by atoms with Crippen molar-refractivity contribution >= 4 is 0 Å². The van der Waals surface area contributed by atoms with Gasteiger partial charge in [0.05, 0.1) is 6.54 Å². The van der Waals surface area contributed by atoms with Gasteiger partial charge in [0.15, 0.2) is 0 Å². The van der Waals surface area contributed by atoms with Gasteiger partial charge in [0, 0.05) is 6.04 Å². The molecule has 1 aliphatic rings. The quantitative estimate of drug-likeness (QED) is 0.875. The van der Waals surface area contributed by atoms with Crippen LogP contribution in [0.2, 0.25) is 0 Å². The SMILES string of the molecule is Cc1nc(C)n(Cc2ccccc2CCNC2CC2)n1. The number of nitrogens with one attached hydrogen (secondary N) is 1. The molecule has 1 aromatic heterocycles. The molecule has 3 rings (SSSR count). The van der Waals surface area contributed by atoms with Crippen molar-refractivity contribution < 1.29 is 0 Å². The number of hydrogen-bond acceptors (Lipinski definition) is 3. The van der Waals surface area contributed by atoms with Crippen LogP contribution in [0, 0.1) is 13.8 Å². The second kappa shape index (κ2) is 5.75. The molecule has 0 atom stereocenters. The maximum atomic E-state index is 4.46. The summed E-state index contributed by atoms with van der Waals surface area (Å²) in [5, 5.41) is 8.03. The Labute approximate surface area is 120 Å². The molecule has 0 radical (unpaired) electrons. The van der Waals surface area contributed by atoms with E-state index in [-0.39, 0.29) is 0 Å². The third-order valence-electron chi connectivity index (χ3n) is 3.81. The van der Waals surface area contributed by atoms with E-state index < -0.39 is 0 Å². The maximum absolute atomic E-state index is 4.46. The third-order valence-corrected chi connectivity index (χ3v) is 3.81. The molecule has 1 aliphatic carbocycles. The molecule has 4 nitrogen and oxygen atoms in total. The Hall–Kier alpha value is -1.68. The van der Waals surface area contributed by atoms with Crippen LogP contribution in [0.4, 0.5) is 0 Å². The predicted molar refractivity (Wildman–Crippen MR) is 79.8 cm³/mol. The minimum atomic E-state index is 0.780. The van der Waals surface area contributed by atoms with E-state index in [2.05, 4.69) is 39.7 Å². The molecule has 106 valence electrons. The Morgan fingerprint density at radius 3 is 2.60 bits per heavy atom. The Morgan fingerprint density at radius 2 is 1.95 bits per heavy atom. The first-order valence-electron chi connectivity index (χ1n) is 7.40. The summed E-state index contributed by atoms with van der Waals surface area (Å²) in [4.78, 5) is 4.37. The summed E-state index contributed by atoms with van der Waals surface area (Å²) >= 11 is 0. The first-order valence-corrected chi connectivity index (χ1v) is 7.40. The topological polar surface area (TPSA) is 42.7 Å². The van der Waals surface area contributed by atoms with Gasteiger partial charge in [-0.1, -0.05) is 24.3 Å². The average Bonchev–Trinajstić information content (AvgIpc) is 3.18. The first-order chi connectivity index (χ1) is 9.72. The van der Waals surface area contributed by atoms with E-state index in [0.29, 0.717) is 0 Å². The van der Waals surface area contributed by atoms with Crippen molar-refractivity contribution in [2.24, 2.45) is 0 Å². The van der Waals surface area contributed by atoms with E-state index in [1.165, 1.54) is 24.0 Å². The number of rotatable bonds is 6. The van der Waals surface area contributed by atoms with E-state index in [9.17, 15) is 0 Å². The number of aryl methyl sites for hydroxylation is 2. The minimum Gasteiger partial charge on any atom is -0.314 e. The normalized spacial score (nSPS) is 14.7. The number of nitrogens with zero attached hydrogens (tertiary/aromatic N) is 3. The summed E-state index contributed by atoms with van der Waals surface area (Å²) in [6, 6.07) is 9.43. The second-order valence-corrected chi connectivity index (χ2v) is 5.61. The Kier molecular flexibility index (Phi) is 3.83. The van der Waals surface area contributed by atoms with Crippen molar-refractivity contribution in [3.05, 3.63) is 47.0 Å². The first kappa shape index (κ1) is 13.3. The van der Waals surface area contributed by atoms with E-state index in [1.807, 2.05) is 18.5 Å². The summed E-state index contributed by atoms with van der Waals surface area (Å²) in [6.07, 6.45) is 3.78. The Bertz CT molecular complexity index is 584. The zero-order valence-corrected chi connectivity index (χ0v) is 12.3. The highest BCUT2D eigenvalue weighted by atomic mass is 15.3. The van der Waals surface area contributed by atoms with E-state index in [1.54, 1.807) is 0 Å².